The van der Waals surface area contributed by atoms with Gasteiger partial charge in [0.05, 0.1) is 23.2 Å². The highest BCUT2D eigenvalue weighted by molar-refractivity contribution is 7.90. The van der Waals surface area contributed by atoms with E-state index in [0.717, 1.165) is 18.6 Å². The number of carboxylic acid groups (broad SMARTS) is 1. The predicted octanol–water partition coefficient (Wildman–Crippen LogP) is 2.68. The van der Waals surface area contributed by atoms with Crippen LogP contribution in [0, 0.1) is 5.82 Å². The lowest BCUT2D eigenvalue weighted by Gasteiger charge is -2.17. The number of carbonyl (C=O) groups is 2. The maximum atomic E-state index is 13.2. The summed E-state index contributed by atoms with van der Waals surface area (Å²) < 4.78 is 36.7. The van der Waals surface area contributed by atoms with Gasteiger partial charge in [-0.3, -0.25) is 4.79 Å². The minimum atomic E-state index is -3.40. The molecular formula is C21H18FN3O5S. The molecule has 0 saturated heterocycles. The fourth-order valence-corrected chi connectivity index (χ4v) is 3.51. The van der Waals surface area contributed by atoms with E-state index < -0.39 is 33.4 Å². The molecule has 0 radical (unpaired) electrons. The Balaban J connectivity index is 1.89. The van der Waals surface area contributed by atoms with Gasteiger partial charge in [0.15, 0.2) is 21.3 Å². The molecule has 8 nitrogen and oxygen atoms in total. The minimum absolute atomic E-state index is 0.0619. The Morgan fingerprint density at radius 1 is 1.03 bits per heavy atom. The first-order chi connectivity index (χ1) is 14.6. The van der Waals surface area contributed by atoms with Crippen LogP contribution in [0.25, 0.3) is 0 Å². The van der Waals surface area contributed by atoms with Crippen LogP contribution in [0.5, 0.6) is 0 Å². The maximum absolute atomic E-state index is 13.2. The van der Waals surface area contributed by atoms with E-state index in [9.17, 15) is 22.4 Å². The molecule has 1 atom stereocenters. The highest BCUT2D eigenvalue weighted by Gasteiger charge is 2.23. The van der Waals surface area contributed by atoms with E-state index >= 15 is 0 Å². The number of hydrogen-bond donors (Lipinski definition) is 2. The number of anilines is 1. The quantitative estimate of drug-likeness (QED) is 0.575. The molecule has 31 heavy (non-hydrogen) atoms. The van der Waals surface area contributed by atoms with Crippen LogP contribution in [0.2, 0.25) is 0 Å². The summed E-state index contributed by atoms with van der Waals surface area (Å²) in [5.41, 5.74) is 0.975. The van der Waals surface area contributed by atoms with Crippen LogP contribution in [0.1, 0.15) is 27.5 Å². The molecule has 2 N–H and O–H groups in total. The van der Waals surface area contributed by atoms with Gasteiger partial charge < -0.3 is 10.4 Å². The van der Waals surface area contributed by atoms with Gasteiger partial charge in [-0.1, -0.05) is 24.3 Å². The number of aromatic carboxylic acids is 1. The second-order valence-corrected chi connectivity index (χ2v) is 8.82. The average Bonchev–Trinajstić information content (AvgIpc) is 2.73. The van der Waals surface area contributed by atoms with Crippen molar-refractivity contribution in [1.82, 2.24) is 9.97 Å². The first-order valence-corrected chi connectivity index (χ1v) is 10.9. The topological polar surface area (TPSA) is 126 Å². The van der Waals surface area contributed by atoms with E-state index in [0.29, 0.717) is 11.1 Å². The number of aromatic nitrogens is 2. The lowest BCUT2D eigenvalue weighted by molar-refractivity contribution is -0.117. The van der Waals surface area contributed by atoms with Gasteiger partial charge in [0, 0.05) is 6.26 Å². The van der Waals surface area contributed by atoms with E-state index in [1.54, 1.807) is 24.3 Å². The Morgan fingerprint density at radius 3 is 2.19 bits per heavy atom. The molecule has 0 aliphatic heterocycles. The van der Waals surface area contributed by atoms with Crippen LogP contribution in [0.3, 0.4) is 0 Å². The molecule has 0 fully saturated rings. The number of hydrogen-bond acceptors (Lipinski definition) is 6. The third kappa shape index (κ3) is 5.70. The number of rotatable bonds is 7. The summed E-state index contributed by atoms with van der Waals surface area (Å²) in [6, 6.07) is 11.6. The summed E-state index contributed by atoms with van der Waals surface area (Å²) >= 11 is 0. The fourth-order valence-electron chi connectivity index (χ4n) is 2.88. The number of benzene rings is 2. The van der Waals surface area contributed by atoms with Crippen molar-refractivity contribution in [2.75, 3.05) is 11.6 Å². The van der Waals surface area contributed by atoms with Gasteiger partial charge in [0.2, 0.25) is 5.91 Å². The molecule has 3 aromatic rings. The number of nitrogens with one attached hydrogen (secondary N) is 1. The molecule has 2 aromatic carbocycles. The Labute approximate surface area is 177 Å². The summed E-state index contributed by atoms with van der Waals surface area (Å²) in [6.45, 7) is 0. The van der Waals surface area contributed by atoms with Crippen molar-refractivity contribution < 1.29 is 27.5 Å². The van der Waals surface area contributed by atoms with Gasteiger partial charge in [-0.05, 0) is 41.8 Å². The number of sulfone groups is 1. The van der Waals surface area contributed by atoms with Crippen molar-refractivity contribution in [3.8, 4) is 0 Å². The van der Waals surface area contributed by atoms with Crippen molar-refractivity contribution in [2.45, 2.75) is 17.2 Å². The van der Waals surface area contributed by atoms with Crippen molar-refractivity contribution in [3.05, 3.63) is 83.6 Å². The number of halogens is 1. The Bertz CT molecular complexity index is 1200. The van der Waals surface area contributed by atoms with Crippen LogP contribution >= 0.6 is 0 Å². The summed E-state index contributed by atoms with van der Waals surface area (Å²) in [7, 11) is -3.40. The minimum Gasteiger partial charge on any atom is -0.476 e. The summed E-state index contributed by atoms with van der Waals surface area (Å²) in [5, 5.41) is 11.5. The number of amides is 1. The van der Waals surface area contributed by atoms with Gasteiger partial charge in [-0.15, -0.1) is 0 Å². The zero-order valence-corrected chi connectivity index (χ0v) is 17.1. The van der Waals surface area contributed by atoms with Gasteiger partial charge >= 0.3 is 5.97 Å². The zero-order valence-electron chi connectivity index (χ0n) is 16.3. The maximum Gasteiger partial charge on any atom is 0.356 e. The fraction of sp³-hybridized carbons (Fsp3) is 0.143. The molecule has 0 bridgehead atoms. The van der Waals surface area contributed by atoms with E-state index in [-0.39, 0.29) is 22.8 Å². The van der Waals surface area contributed by atoms with Crippen molar-refractivity contribution in [2.24, 2.45) is 0 Å². The number of carbonyl (C=O) groups excluding carboxylic acids is 1. The highest BCUT2D eigenvalue weighted by atomic mass is 32.2. The SMILES string of the molecule is CS(=O)(=O)c1ccc(C(Cc2ccc(F)cc2)C(=O)Nc2cnc(C(=O)O)cn2)cc1. The lowest BCUT2D eigenvalue weighted by Crippen LogP contribution is -2.24. The van der Waals surface area contributed by atoms with Crippen LogP contribution in [0.4, 0.5) is 10.2 Å². The predicted molar refractivity (Wildman–Crippen MR) is 110 cm³/mol. The molecule has 0 aliphatic carbocycles. The normalized spacial score (nSPS) is 12.2. The van der Waals surface area contributed by atoms with Crippen molar-refractivity contribution in [1.29, 1.82) is 0 Å². The Kier molecular flexibility index (Phi) is 6.40. The third-order valence-corrected chi connectivity index (χ3v) is 5.63. The van der Waals surface area contributed by atoms with Gasteiger partial charge in [0.25, 0.3) is 0 Å². The van der Waals surface area contributed by atoms with E-state index in [4.69, 9.17) is 5.11 Å². The van der Waals surface area contributed by atoms with Gasteiger partial charge in [-0.25, -0.2) is 27.6 Å². The van der Waals surface area contributed by atoms with Gasteiger partial charge in [-0.2, -0.15) is 0 Å². The Morgan fingerprint density at radius 2 is 1.68 bits per heavy atom. The smallest absolute Gasteiger partial charge is 0.356 e. The largest absolute Gasteiger partial charge is 0.476 e. The standard InChI is InChI=1S/C21H18FN3O5S/c1-31(29,30)16-8-4-14(5-9-16)17(10-13-2-6-15(22)7-3-13)20(26)25-19-12-23-18(11-24-19)21(27)28/h2-9,11-12,17H,10H2,1H3,(H,27,28)(H,24,25,26). The van der Waals surface area contributed by atoms with E-state index in [2.05, 4.69) is 15.3 Å². The van der Waals surface area contributed by atoms with Crippen LogP contribution in [-0.4, -0.2) is 41.6 Å². The van der Waals surface area contributed by atoms with E-state index in [1.165, 1.54) is 24.3 Å². The highest BCUT2D eigenvalue weighted by Crippen LogP contribution is 2.24. The second-order valence-electron chi connectivity index (χ2n) is 6.81. The molecule has 3 rings (SSSR count). The van der Waals surface area contributed by atoms with Crippen molar-refractivity contribution in [3.63, 3.8) is 0 Å². The Hall–Kier alpha value is -3.66. The first-order valence-electron chi connectivity index (χ1n) is 9.04. The number of carboxylic acids is 1. The van der Waals surface area contributed by atoms with Crippen LogP contribution in [-0.2, 0) is 21.1 Å². The molecule has 1 unspecified atom stereocenters. The molecule has 160 valence electrons. The molecular weight excluding hydrogens is 425 g/mol. The van der Waals surface area contributed by atoms with Crippen LogP contribution < -0.4 is 5.32 Å². The molecule has 1 heterocycles. The molecule has 1 amide bonds. The molecule has 10 heteroatoms. The molecule has 0 saturated carbocycles. The number of nitrogens with zero attached hydrogens (tertiary/aromatic N) is 2. The van der Waals surface area contributed by atoms with Crippen LogP contribution in [0.15, 0.2) is 65.8 Å². The summed E-state index contributed by atoms with van der Waals surface area (Å²) in [6.07, 6.45) is 3.45. The summed E-state index contributed by atoms with van der Waals surface area (Å²) in [4.78, 5) is 31.6. The second kappa shape index (κ2) is 9.00. The van der Waals surface area contributed by atoms with Gasteiger partial charge in [0.1, 0.15) is 5.82 Å². The van der Waals surface area contributed by atoms with Crippen molar-refractivity contribution >= 4 is 27.5 Å². The molecule has 0 spiro atoms. The average molecular weight is 443 g/mol. The zero-order chi connectivity index (χ0) is 22.6. The monoisotopic (exact) mass is 443 g/mol. The first kappa shape index (κ1) is 22.0. The molecule has 1 aromatic heterocycles. The van der Waals surface area contributed by atoms with E-state index in [1.807, 2.05) is 0 Å². The summed E-state index contributed by atoms with van der Waals surface area (Å²) in [5.74, 6) is -2.80. The lowest BCUT2D eigenvalue weighted by atomic mass is 9.91. The molecule has 0 aliphatic rings. The third-order valence-electron chi connectivity index (χ3n) is 4.50.